The van der Waals surface area contributed by atoms with Crippen LogP contribution in [0.3, 0.4) is 0 Å². The summed E-state index contributed by atoms with van der Waals surface area (Å²) in [6.07, 6.45) is -5.51. The van der Waals surface area contributed by atoms with Crippen molar-refractivity contribution >= 4 is 25.6 Å². The molecule has 10 heteroatoms. The molecule has 5 N–H and O–H groups in total. The van der Waals surface area contributed by atoms with Crippen LogP contribution in [-0.2, 0) is 15.8 Å². The SMILES string of the molecule is C[Si-](C)(C)CCOC(=O)ONc1cc(C(F)(F)F)ccc1N[NH3+]. The molecule has 0 saturated carbocycles. The lowest BCUT2D eigenvalue weighted by molar-refractivity contribution is -0.325. The molecule has 0 aliphatic rings. The lowest BCUT2D eigenvalue weighted by atomic mass is 10.1. The second-order valence-electron chi connectivity index (χ2n) is 6.05. The van der Waals surface area contributed by atoms with Gasteiger partial charge in [-0.15, -0.1) is 14.1 Å². The van der Waals surface area contributed by atoms with Gasteiger partial charge in [-0.3, -0.25) is 5.84 Å². The minimum Gasteiger partial charge on any atom is -0.436 e. The summed E-state index contributed by atoms with van der Waals surface area (Å²) in [5.41, 5.74) is 3.90. The Morgan fingerprint density at radius 2 is 1.91 bits per heavy atom. The Labute approximate surface area is 133 Å². The zero-order valence-corrected chi connectivity index (χ0v) is 14.2. The normalized spacial score (nSPS) is 11.8. The minimum atomic E-state index is -4.51. The number of nitrogens with one attached hydrogen (secondary N) is 2. The van der Waals surface area contributed by atoms with Gasteiger partial charge in [0, 0.05) is 0 Å². The molecule has 0 atom stereocenters. The van der Waals surface area contributed by atoms with Crippen molar-refractivity contribution < 1.29 is 33.4 Å². The zero-order valence-electron chi connectivity index (χ0n) is 13.2. The molecule has 0 unspecified atom stereocenters. The van der Waals surface area contributed by atoms with Crippen molar-refractivity contribution in [1.29, 1.82) is 0 Å². The summed E-state index contributed by atoms with van der Waals surface area (Å²) in [4.78, 5) is 16.1. The van der Waals surface area contributed by atoms with E-state index in [1.54, 1.807) is 0 Å². The third-order valence-corrected chi connectivity index (χ3v) is 4.56. The van der Waals surface area contributed by atoms with Gasteiger partial charge in [0.1, 0.15) is 11.4 Å². The molecule has 0 amide bonds. The Balaban J connectivity index is 2.64. The Morgan fingerprint density at radius 3 is 2.43 bits per heavy atom. The topological polar surface area (TPSA) is 87.2 Å². The first-order valence-corrected chi connectivity index (χ1v) is 10.6. The summed E-state index contributed by atoms with van der Waals surface area (Å²) in [5, 5.41) is 0. The van der Waals surface area contributed by atoms with Gasteiger partial charge >= 0.3 is 12.3 Å². The van der Waals surface area contributed by atoms with Crippen LogP contribution in [0.2, 0.25) is 25.7 Å². The maximum atomic E-state index is 12.7. The van der Waals surface area contributed by atoms with Gasteiger partial charge in [0.2, 0.25) is 0 Å². The fourth-order valence-electron chi connectivity index (χ4n) is 1.53. The smallest absolute Gasteiger partial charge is 0.436 e. The van der Waals surface area contributed by atoms with Crippen LogP contribution in [0.15, 0.2) is 18.2 Å². The van der Waals surface area contributed by atoms with Gasteiger partial charge < -0.3 is 9.57 Å². The summed E-state index contributed by atoms with van der Waals surface area (Å²) in [6, 6.07) is 3.64. The molecule has 0 bridgehead atoms. The maximum absolute atomic E-state index is 12.7. The summed E-state index contributed by atoms with van der Waals surface area (Å²) in [5.74, 6) is 3.37. The van der Waals surface area contributed by atoms with Crippen LogP contribution in [0, 0.1) is 0 Å². The number of quaternary nitrogens is 1. The van der Waals surface area contributed by atoms with Gasteiger partial charge in [-0.05, 0) is 18.2 Å². The van der Waals surface area contributed by atoms with Crippen LogP contribution in [0.1, 0.15) is 5.56 Å². The van der Waals surface area contributed by atoms with Crippen molar-refractivity contribution in [3.05, 3.63) is 23.8 Å². The molecule has 0 saturated heterocycles. The second kappa shape index (κ2) is 7.55. The molecule has 0 aromatic heterocycles. The molecule has 1 rings (SSSR count). The predicted molar refractivity (Wildman–Crippen MR) is 82.2 cm³/mol. The number of benzene rings is 1. The van der Waals surface area contributed by atoms with E-state index in [0.717, 1.165) is 18.2 Å². The number of rotatable bonds is 6. The lowest BCUT2D eigenvalue weighted by Crippen LogP contribution is -2.56. The standard InChI is InChI=1S/C13H20F3N3O3Si/c1-23(2,3)7-6-21-12(20)22-19-11-8-9(13(14,15)16)4-5-10(11)18-17/h4-5,8,18-19H,6-7,17H2,1-3H3/q-1/p+1. The molecule has 0 heterocycles. The van der Waals surface area contributed by atoms with Crippen molar-refractivity contribution in [3.63, 3.8) is 0 Å². The highest BCUT2D eigenvalue weighted by Gasteiger charge is 2.31. The van der Waals surface area contributed by atoms with Crippen molar-refractivity contribution in [2.24, 2.45) is 0 Å². The Bertz CT molecular complexity index is 547. The number of anilines is 2. The van der Waals surface area contributed by atoms with Crippen LogP contribution >= 0.6 is 0 Å². The minimum absolute atomic E-state index is 0.0722. The van der Waals surface area contributed by atoms with Gasteiger partial charge in [0.25, 0.3) is 0 Å². The fraction of sp³-hybridized carbons (Fsp3) is 0.462. The van der Waals surface area contributed by atoms with E-state index in [1.165, 1.54) is 6.07 Å². The van der Waals surface area contributed by atoms with Gasteiger partial charge in [0.05, 0.1) is 12.2 Å². The molecule has 131 valence electrons. The first-order valence-electron chi connectivity index (χ1n) is 6.87. The largest absolute Gasteiger partial charge is 0.533 e. The highest BCUT2D eigenvalue weighted by molar-refractivity contribution is 6.76. The second-order valence-corrected chi connectivity index (χ2v) is 11.7. The number of ether oxygens (including phenoxy) is 1. The molecular weight excluding hydrogens is 331 g/mol. The number of halogens is 3. The average molecular weight is 352 g/mol. The van der Waals surface area contributed by atoms with E-state index in [-0.39, 0.29) is 18.0 Å². The highest BCUT2D eigenvalue weighted by atomic mass is 28.3. The molecule has 6 nitrogen and oxygen atoms in total. The summed E-state index contributed by atoms with van der Waals surface area (Å²) >= 11 is 0. The van der Waals surface area contributed by atoms with Crippen molar-refractivity contribution in [3.8, 4) is 0 Å². The Hall–Kier alpha value is -1.94. The van der Waals surface area contributed by atoms with Crippen LogP contribution in [0.4, 0.5) is 29.3 Å². The van der Waals surface area contributed by atoms with E-state index in [1.807, 2.05) is 0 Å². The van der Waals surface area contributed by atoms with E-state index in [4.69, 9.17) is 4.74 Å². The van der Waals surface area contributed by atoms with E-state index in [0.29, 0.717) is 0 Å². The van der Waals surface area contributed by atoms with E-state index < -0.39 is 26.0 Å². The van der Waals surface area contributed by atoms with Gasteiger partial charge in [-0.1, -0.05) is 0 Å². The maximum Gasteiger partial charge on any atom is 0.533 e. The van der Waals surface area contributed by atoms with Crippen molar-refractivity contribution in [1.82, 2.24) is 0 Å². The van der Waals surface area contributed by atoms with E-state index in [2.05, 4.69) is 41.2 Å². The van der Waals surface area contributed by atoms with Crippen molar-refractivity contribution in [2.75, 3.05) is 17.5 Å². The molecule has 0 fully saturated rings. The molecule has 0 spiro atoms. The lowest BCUT2D eigenvalue weighted by Gasteiger charge is -2.26. The molecule has 0 radical (unpaired) electrons. The molecule has 23 heavy (non-hydrogen) atoms. The summed E-state index contributed by atoms with van der Waals surface area (Å²) < 4.78 is 42.9. The first kappa shape index (κ1) is 19.1. The third kappa shape index (κ3) is 6.78. The average Bonchev–Trinajstić information content (AvgIpc) is 2.42. The number of hydrogen-bond acceptors (Lipinski definition) is 5. The molecular formula is C13H21F3N3O3Si. The number of carbonyl (C=O) groups excluding carboxylic acids is 1. The summed E-state index contributed by atoms with van der Waals surface area (Å²) in [7, 11) is -1.35. The first-order chi connectivity index (χ1) is 10.5. The molecule has 0 aliphatic carbocycles. The van der Waals surface area contributed by atoms with Crippen LogP contribution in [0.25, 0.3) is 0 Å². The molecule has 1 aromatic carbocycles. The van der Waals surface area contributed by atoms with Gasteiger partial charge in [0.15, 0.2) is 0 Å². The number of carbonyl (C=O) groups is 1. The highest BCUT2D eigenvalue weighted by Crippen LogP contribution is 2.33. The van der Waals surface area contributed by atoms with Crippen LogP contribution in [0.5, 0.6) is 0 Å². The monoisotopic (exact) mass is 352 g/mol. The third-order valence-electron chi connectivity index (χ3n) is 2.85. The number of hydrogen-bond donors (Lipinski definition) is 3. The predicted octanol–water partition coefficient (Wildman–Crippen LogP) is 3.09. The van der Waals surface area contributed by atoms with Gasteiger partial charge in [-0.25, -0.2) is 15.7 Å². The number of alkyl halides is 3. The fourth-order valence-corrected chi connectivity index (χ4v) is 2.24. The van der Waals surface area contributed by atoms with Crippen molar-refractivity contribution in [2.45, 2.75) is 31.9 Å². The zero-order chi connectivity index (χ0) is 17.7. The molecule has 0 aliphatic heterocycles. The Kier molecular flexibility index (Phi) is 6.27. The van der Waals surface area contributed by atoms with Crippen LogP contribution < -0.4 is 16.7 Å². The van der Waals surface area contributed by atoms with Gasteiger partial charge in [-0.2, -0.15) is 32.8 Å². The Morgan fingerprint density at radius 1 is 1.26 bits per heavy atom. The van der Waals surface area contributed by atoms with Crippen LogP contribution in [-0.4, -0.2) is 20.8 Å². The van der Waals surface area contributed by atoms with E-state index in [9.17, 15) is 18.0 Å². The summed E-state index contributed by atoms with van der Waals surface area (Å²) in [6.45, 7) is 6.57. The molecule has 1 aromatic rings. The quantitative estimate of drug-likeness (QED) is 0.416. The van der Waals surface area contributed by atoms with E-state index >= 15 is 0 Å².